The van der Waals surface area contributed by atoms with E-state index in [-0.39, 0.29) is 19.4 Å². The Kier molecular flexibility index (Phi) is 37.0. The molecule has 1 rings (SSSR count). The normalized spacial score (nSPS) is 20.0. The summed E-state index contributed by atoms with van der Waals surface area (Å²) in [6.45, 7) is 3.77. The van der Waals surface area contributed by atoms with Crippen molar-refractivity contribution in [3.05, 3.63) is 24.3 Å². The van der Waals surface area contributed by atoms with E-state index in [1.54, 1.807) is 0 Å². The predicted molar refractivity (Wildman–Crippen MR) is 247 cm³/mol. The number of rotatable bonds is 42. The zero-order valence-corrected chi connectivity index (χ0v) is 39.8. The summed E-state index contributed by atoms with van der Waals surface area (Å²) in [6.07, 6.45) is 35.0. The van der Waals surface area contributed by atoms with Crippen LogP contribution >= 0.6 is 0 Å². The zero-order valence-electron chi connectivity index (χ0n) is 39.0. The number of carbonyl (C=O) groups excluding carboxylic acids is 2. The van der Waals surface area contributed by atoms with Crippen LogP contribution in [-0.4, -0.2) is 96.0 Å². The van der Waals surface area contributed by atoms with Crippen LogP contribution in [0.3, 0.4) is 0 Å². The molecule has 0 bridgehead atoms. The van der Waals surface area contributed by atoms with Gasteiger partial charge in [0.1, 0.15) is 36.8 Å². The monoisotopic (exact) mass is 903 g/mol. The van der Waals surface area contributed by atoms with Crippen LogP contribution in [-0.2, 0) is 38.7 Å². The molecule has 1 fully saturated rings. The van der Waals surface area contributed by atoms with Gasteiger partial charge in [0.2, 0.25) is 0 Å². The first-order valence-electron chi connectivity index (χ1n) is 24.9. The number of hydrogen-bond acceptors (Lipinski definition) is 11. The van der Waals surface area contributed by atoms with Crippen molar-refractivity contribution >= 4 is 22.1 Å². The maximum Gasteiger partial charge on any atom is 0.306 e. The summed E-state index contributed by atoms with van der Waals surface area (Å²) < 4.78 is 54.2. The van der Waals surface area contributed by atoms with Crippen molar-refractivity contribution in [2.24, 2.45) is 0 Å². The van der Waals surface area contributed by atoms with Gasteiger partial charge in [-0.25, -0.2) is 0 Å². The second-order valence-corrected chi connectivity index (χ2v) is 19.0. The molecule has 1 saturated heterocycles. The predicted octanol–water partition coefficient (Wildman–Crippen LogP) is 10.8. The number of hydrogen-bond donors (Lipinski definition) is 4. The molecule has 4 N–H and O–H groups in total. The van der Waals surface area contributed by atoms with Gasteiger partial charge in [-0.05, 0) is 64.2 Å². The zero-order chi connectivity index (χ0) is 45.5. The molecule has 0 spiro atoms. The lowest BCUT2D eigenvalue weighted by Gasteiger charge is -2.40. The van der Waals surface area contributed by atoms with E-state index in [2.05, 4.69) is 38.2 Å². The first-order valence-corrected chi connectivity index (χ1v) is 26.5. The topological polar surface area (TPSA) is 186 Å². The molecule has 1 heterocycles. The Hall–Kier alpha value is -1.87. The third-order valence-corrected chi connectivity index (χ3v) is 12.3. The third kappa shape index (κ3) is 33.6. The molecule has 6 unspecified atom stereocenters. The van der Waals surface area contributed by atoms with Gasteiger partial charge in [0.25, 0.3) is 10.1 Å². The second-order valence-electron chi connectivity index (χ2n) is 17.5. The van der Waals surface area contributed by atoms with E-state index in [1.165, 1.54) is 122 Å². The van der Waals surface area contributed by atoms with Crippen molar-refractivity contribution in [2.75, 3.05) is 19.0 Å². The molecule has 13 heteroatoms. The molecule has 6 atom stereocenters. The number of allylic oxidation sites excluding steroid dienone is 4. The van der Waals surface area contributed by atoms with Crippen molar-refractivity contribution in [1.29, 1.82) is 0 Å². The van der Waals surface area contributed by atoms with Gasteiger partial charge in [-0.15, -0.1) is 0 Å². The highest BCUT2D eigenvalue weighted by molar-refractivity contribution is 7.85. The van der Waals surface area contributed by atoms with Gasteiger partial charge in [0.05, 0.1) is 6.61 Å². The van der Waals surface area contributed by atoms with E-state index < -0.39 is 71.2 Å². The van der Waals surface area contributed by atoms with Crippen LogP contribution < -0.4 is 0 Å². The van der Waals surface area contributed by atoms with Crippen LogP contribution in [0, 0.1) is 0 Å². The van der Waals surface area contributed by atoms with E-state index in [4.69, 9.17) is 18.9 Å². The van der Waals surface area contributed by atoms with Gasteiger partial charge >= 0.3 is 11.9 Å². The molecular weight excluding hydrogens is 813 g/mol. The smallest absolute Gasteiger partial charge is 0.306 e. The molecular formula is C49H90O12S. The highest BCUT2D eigenvalue weighted by atomic mass is 32.2. The van der Waals surface area contributed by atoms with Gasteiger partial charge in [0.15, 0.2) is 12.4 Å². The average Bonchev–Trinajstić information content (AvgIpc) is 3.24. The Bertz CT molecular complexity index is 1240. The lowest BCUT2D eigenvalue weighted by Crippen LogP contribution is -2.60. The number of aliphatic hydroxyl groups is 3. The maximum atomic E-state index is 12.8. The van der Waals surface area contributed by atoms with Crippen molar-refractivity contribution in [2.45, 2.75) is 256 Å². The third-order valence-electron chi connectivity index (χ3n) is 11.5. The van der Waals surface area contributed by atoms with Gasteiger partial charge in [-0.1, -0.05) is 167 Å². The van der Waals surface area contributed by atoms with Crippen molar-refractivity contribution in [3.63, 3.8) is 0 Å². The van der Waals surface area contributed by atoms with Crippen molar-refractivity contribution < 1.29 is 56.8 Å². The summed E-state index contributed by atoms with van der Waals surface area (Å²) in [4.78, 5) is 25.5. The number of aliphatic hydroxyl groups excluding tert-OH is 3. The minimum atomic E-state index is -4.60. The Morgan fingerprint density at radius 3 is 1.34 bits per heavy atom. The summed E-state index contributed by atoms with van der Waals surface area (Å²) in [5, 5.41) is 30.9. The van der Waals surface area contributed by atoms with Gasteiger partial charge in [-0.3, -0.25) is 14.1 Å². The summed E-state index contributed by atoms with van der Waals surface area (Å²) >= 11 is 0. The van der Waals surface area contributed by atoms with Crippen LogP contribution in [0.2, 0.25) is 0 Å². The molecule has 0 radical (unpaired) electrons. The molecule has 0 aliphatic carbocycles. The fraction of sp³-hybridized carbons (Fsp3) is 0.878. The lowest BCUT2D eigenvalue weighted by atomic mass is 10.00. The molecule has 364 valence electrons. The largest absolute Gasteiger partial charge is 0.462 e. The van der Waals surface area contributed by atoms with Crippen LogP contribution in [0.15, 0.2) is 24.3 Å². The Morgan fingerprint density at radius 1 is 0.532 bits per heavy atom. The molecule has 0 saturated carbocycles. The Labute approximate surface area is 377 Å². The number of unbranched alkanes of at least 4 members (excludes halogenated alkanes) is 26. The molecule has 12 nitrogen and oxygen atoms in total. The summed E-state index contributed by atoms with van der Waals surface area (Å²) in [5.41, 5.74) is 0. The average molecular weight is 903 g/mol. The van der Waals surface area contributed by atoms with E-state index in [9.17, 15) is 37.9 Å². The standard InChI is InChI=1S/C49H90O12S/c1-3-5-7-9-11-13-15-17-19-21-23-25-27-29-31-33-35-37-44(50)58-39-42(40-59-49-48(54)47(53)46(52)43(61-49)41-62(55,56)57)60-45(51)38-36-34-32-30-28-26-24-22-20-18-16-14-12-10-8-6-4-2/h17-20,42-43,46-49,52-54H,3-16,21-41H2,1-2H3,(H,55,56,57)/b19-17-,20-18-. The molecule has 0 amide bonds. The van der Waals surface area contributed by atoms with Crippen LogP contribution in [0.5, 0.6) is 0 Å². The molecule has 62 heavy (non-hydrogen) atoms. The molecule has 1 aliphatic rings. The highest BCUT2D eigenvalue weighted by Gasteiger charge is 2.46. The first-order chi connectivity index (χ1) is 30.0. The molecule has 1 aliphatic heterocycles. The van der Waals surface area contributed by atoms with Crippen molar-refractivity contribution in [3.8, 4) is 0 Å². The highest BCUT2D eigenvalue weighted by Crippen LogP contribution is 2.24. The lowest BCUT2D eigenvalue weighted by molar-refractivity contribution is -0.297. The van der Waals surface area contributed by atoms with Crippen LogP contribution in [0.4, 0.5) is 0 Å². The van der Waals surface area contributed by atoms with Crippen LogP contribution in [0.25, 0.3) is 0 Å². The van der Waals surface area contributed by atoms with E-state index >= 15 is 0 Å². The minimum Gasteiger partial charge on any atom is -0.462 e. The quantitative estimate of drug-likeness (QED) is 0.0197. The number of carbonyl (C=O) groups is 2. The maximum absolute atomic E-state index is 12.8. The molecule has 0 aromatic rings. The summed E-state index contributed by atoms with van der Waals surface area (Å²) in [7, 11) is -4.60. The Balaban J connectivity index is 2.40. The molecule has 0 aromatic carbocycles. The first kappa shape index (κ1) is 58.1. The Morgan fingerprint density at radius 2 is 0.919 bits per heavy atom. The second kappa shape index (κ2) is 39.5. The number of ether oxygens (including phenoxy) is 4. The van der Waals surface area contributed by atoms with E-state index in [1.807, 2.05) is 0 Å². The van der Waals surface area contributed by atoms with E-state index in [0.717, 1.165) is 57.8 Å². The van der Waals surface area contributed by atoms with E-state index in [0.29, 0.717) is 12.8 Å². The fourth-order valence-corrected chi connectivity index (χ4v) is 8.30. The van der Waals surface area contributed by atoms with Gasteiger partial charge in [-0.2, -0.15) is 8.42 Å². The SMILES string of the molecule is CCCCCCCC/C=C\CCCCCCCCCC(=O)OCC(COC1OC(CS(=O)(=O)O)C(O)C(O)C1O)OC(=O)CCCCCCCCC/C=C\CCCCCCCC. The summed E-state index contributed by atoms with van der Waals surface area (Å²) in [6, 6.07) is 0. The minimum absolute atomic E-state index is 0.160. The summed E-state index contributed by atoms with van der Waals surface area (Å²) in [5.74, 6) is -1.98. The van der Waals surface area contributed by atoms with Gasteiger partial charge in [0, 0.05) is 12.8 Å². The fourth-order valence-electron chi connectivity index (χ4n) is 7.61. The number of esters is 2. The molecule has 0 aromatic heterocycles. The van der Waals surface area contributed by atoms with Crippen LogP contribution in [0.1, 0.15) is 219 Å². The van der Waals surface area contributed by atoms with Gasteiger partial charge < -0.3 is 34.3 Å². The van der Waals surface area contributed by atoms with Crippen molar-refractivity contribution in [1.82, 2.24) is 0 Å².